The Morgan fingerprint density at radius 2 is 2.30 bits per heavy atom. The number of carbonyl (C=O) groups excluding carboxylic acids is 1. The molecule has 0 radical (unpaired) electrons. The van der Waals surface area contributed by atoms with Crippen molar-refractivity contribution in [2.45, 2.75) is 12.8 Å². The SMILES string of the molecule is N/C(=N/O)C1CCCN(C(=O)c2c(F)cccc2Br)C1. The summed E-state index contributed by atoms with van der Waals surface area (Å²) in [5, 5.41) is 11.7. The lowest BCUT2D eigenvalue weighted by atomic mass is 9.96. The predicted molar refractivity (Wildman–Crippen MR) is 76.1 cm³/mol. The molecule has 1 aromatic carbocycles. The van der Waals surface area contributed by atoms with Crippen LogP contribution in [0.2, 0.25) is 0 Å². The molecule has 0 aliphatic carbocycles. The molecule has 1 atom stereocenters. The molecule has 1 amide bonds. The fourth-order valence-electron chi connectivity index (χ4n) is 2.34. The van der Waals surface area contributed by atoms with Crippen molar-refractivity contribution in [1.82, 2.24) is 4.90 Å². The van der Waals surface area contributed by atoms with Crippen LogP contribution in [0.4, 0.5) is 4.39 Å². The standard InChI is InChI=1S/C13H15BrFN3O2/c14-9-4-1-5-10(15)11(9)13(19)18-6-2-3-8(7-18)12(16)17-20/h1,4-5,8,20H,2-3,6-7H2,(H2,16,17). The van der Waals surface area contributed by atoms with Gasteiger partial charge < -0.3 is 15.8 Å². The third-order valence-corrected chi connectivity index (χ3v) is 4.08. The van der Waals surface area contributed by atoms with Crippen molar-refractivity contribution in [2.24, 2.45) is 16.8 Å². The number of amidine groups is 1. The molecule has 2 rings (SSSR count). The van der Waals surface area contributed by atoms with E-state index in [9.17, 15) is 9.18 Å². The van der Waals surface area contributed by atoms with Crippen LogP contribution in [0.25, 0.3) is 0 Å². The Hall–Kier alpha value is -1.63. The first-order valence-corrected chi connectivity index (χ1v) is 7.04. The lowest BCUT2D eigenvalue weighted by Gasteiger charge is -2.32. The average molecular weight is 344 g/mol. The van der Waals surface area contributed by atoms with Crippen LogP contribution >= 0.6 is 15.9 Å². The zero-order chi connectivity index (χ0) is 14.7. The number of benzene rings is 1. The van der Waals surface area contributed by atoms with E-state index in [1.54, 1.807) is 6.07 Å². The van der Waals surface area contributed by atoms with Gasteiger partial charge in [-0.15, -0.1) is 0 Å². The number of hydrogen-bond acceptors (Lipinski definition) is 3. The number of piperidine rings is 1. The predicted octanol–water partition coefficient (Wildman–Crippen LogP) is 2.19. The molecule has 3 N–H and O–H groups in total. The summed E-state index contributed by atoms with van der Waals surface area (Å²) >= 11 is 3.20. The normalized spacial score (nSPS) is 20.0. The van der Waals surface area contributed by atoms with E-state index in [0.717, 1.165) is 12.8 Å². The largest absolute Gasteiger partial charge is 0.409 e. The van der Waals surface area contributed by atoms with Gasteiger partial charge in [-0.1, -0.05) is 11.2 Å². The number of likely N-dealkylation sites (tertiary alicyclic amines) is 1. The number of amides is 1. The molecule has 1 aliphatic heterocycles. The van der Waals surface area contributed by atoms with Crippen LogP contribution in [0.15, 0.2) is 27.8 Å². The van der Waals surface area contributed by atoms with Gasteiger partial charge in [0.15, 0.2) is 0 Å². The monoisotopic (exact) mass is 343 g/mol. The molecule has 1 aromatic rings. The summed E-state index contributed by atoms with van der Waals surface area (Å²) in [5.74, 6) is -1.03. The summed E-state index contributed by atoms with van der Waals surface area (Å²) in [6, 6.07) is 4.41. The molecule has 1 fully saturated rings. The van der Waals surface area contributed by atoms with Crippen LogP contribution in [-0.2, 0) is 0 Å². The Morgan fingerprint density at radius 1 is 1.55 bits per heavy atom. The Balaban J connectivity index is 2.21. The van der Waals surface area contributed by atoms with Gasteiger partial charge in [-0.05, 0) is 40.9 Å². The number of nitrogens with zero attached hydrogens (tertiary/aromatic N) is 2. The number of rotatable bonds is 2. The quantitative estimate of drug-likeness (QED) is 0.374. The maximum Gasteiger partial charge on any atom is 0.258 e. The van der Waals surface area contributed by atoms with Gasteiger partial charge in [-0.3, -0.25) is 4.79 Å². The van der Waals surface area contributed by atoms with Crippen LogP contribution in [0.3, 0.4) is 0 Å². The smallest absolute Gasteiger partial charge is 0.258 e. The molecule has 0 bridgehead atoms. The van der Waals surface area contributed by atoms with Crippen molar-refractivity contribution in [3.8, 4) is 0 Å². The lowest BCUT2D eigenvalue weighted by Crippen LogP contribution is -2.44. The summed E-state index contributed by atoms with van der Waals surface area (Å²) < 4.78 is 14.2. The Kier molecular flexibility index (Phi) is 4.59. The highest BCUT2D eigenvalue weighted by Crippen LogP contribution is 2.24. The van der Waals surface area contributed by atoms with E-state index in [1.807, 2.05) is 0 Å². The third kappa shape index (κ3) is 2.92. The summed E-state index contributed by atoms with van der Waals surface area (Å²) in [6.07, 6.45) is 1.48. The van der Waals surface area contributed by atoms with E-state index < -0.39 is 5.82 Å². The van der Waals surface area contributed by atoms with Gasteiger partial charge in [0.2, 0.25) is 0 Å². The van der Waals surface area contributed by atoms with Gasteiger partial charge in [0.1, 0.15) is 11.7 Å². The molecular weight excluding hydrogens is 329 g/mol. The minimum atomic E-state index is -0.560. The van der Waals surface area contributed by atoms with Crippen molar-refractivity contribution in [3.63, 3.8) is 0 Å². The highest BCUT2D eigenvalue weighted by Gasteiger charge is 2.29. The molecule has 0 spiro atoms. The fourth-order valence-corrected chi connectivity index (χ4v) is 2.86. The van der Waals surface area contributed by atoms with Gasteiger partial charge in [0, 0.05) is 23.5 Å². The summed E-state index contributed by atoms with van der Waals surface area (Å²) in [6.45, 7) is 0.865. The second-order valence-corrected chi connectivity index (χ2v) is 5.57. The van der Waals surface area contributed by atoms with E-state index in [1.165, 1.54) is 17.0 Å². The fraction of sp³-hybridized carbons (Fsp3) is 0.385. The van der Waals surface area contributed by atoms with E-state index in [-0.39, 0.29) is 23.2 Å². The molecule has 20 heavy (non-hydrogen) atoms. The molecule has 1 unspecified atom stereocenters. The van der Waals surface area contributed by atoms with E-state index in [4.69, 9.17) is 10.9 Å². The zero-order valence-corrected chi connectivity index (χ0v) is 12.3. The molecule has 7 heteroatoms. The molecule has 0 aromatic heterocycles. The van der Waals surface area contributed by atoms with Gasteiger partial charge in [-0.2, -0.15) is 0 Å². The maximum atomic E-state index is 13.8. The van der Waals surface area contributed by atoms with Crippen LogP contribution in [0.5, 0.6) is 0 Å². The third-order valence-electron chi connectivity index (χ3n) is 3.42. The van der Waals surface area contributed by atoms with Crippen molar-refractivity contribution in [1.29, 1.82) is 0 Å². The Morgan fingerprint density at radius 3 is 2.95 bits per heavy atom. The number of oxime groups is 1. The molecule has 0 saturated carbocycles. The summed E-state index contributed by atoms with van der Waals surface area (Å²) in [7, 11) is 0. The number of carbonyl (C=O) groups is 1. The molecule has 1 aliphatic rings. The Bertz CT molecular complexity index is 530. The second kappa shape index (κ2) is 6.21. The van der Waals surface area contributed by atoms with E-state index in [2.05, 4.69) is 21.1 Å². The van der Waals surface area contributed by atoms with E-state index in [0.29, 0.717) is 17.6 Å². The number of nitrogens with two attached hydrogens (primary N) is 1. The lowest BCUT2D eigenvalue weighted by molar-refractivity contribution is 0.0695. The van der Waals surface area contributed by atoms with Crippen LogP contribution in [0.1, 0.15) is 23.2 Å². The van der Waals surface area contributed by atoms with E-state index >= 15 is 0 Å². The first kappa shape index (κ1) is 14.8. The first-order chi connectivity index (χ1) is 9.54. The van der Waals surface area contributed by atoms with Gasteiger partial charge >= 0.3 is 0 Å². The maximum absolute atomic E-state index is 13.8. The van der Waals surface area contributed by atoms with Gasteiger partial charge in [0.05, 0.1) is 5.56 Å². The molecule has 108 valence electrons. The average Bonchev–Trinajstić information content (AvgIpc) is 2.46. The van der Waals surface area contributed by atoms with Crippen LogP contribution in [-0.4, -0.2) is 34.9 Å². The molecule has 1 heterocycles. The van der Waals surface area contributed by atoms with Crippen LogP contribution in [0, 0.1) is 11.7 Å². The molecule has 5 nitrogen and oxygen atoms in total. The van der Waals surface area contributed by atoms with Crippen LogP contribution < -0.4 is 5.73 Å². The molecular formula is C13H15BrFN3O2. The Labute approximate surface area is 124 Å². The van der Waals surface area contributed by atoms with Crippen molar-refractivity contribution >= 4 is 27.7 Å². The number of hydrogen-bond donors (Lipinski definition) is 2. The van der Waals surface area contributed by atoms with Crippen molar-refractivity contribution < 1.29 is 14.4 Å². The minimum Gasteiger partial charge on any atom is -0.409 e. The first-order valence-electron chi connectivity index (χ1n) is 6.25. The number of halogens is 2. The molecule has 1 saturated heterocycles. The van der Waals surface area contributed by atoms with Gasteiger partial charge in [-0.25, -0.2) is 4.39 Å². The van der Waals surface area contributed by atoms with Crippen molar-refractivity contribution in [3.05, 3.63) is 34.1 Å². The minimum absolute atomic E-state index is 0.0210. The van der Waals surface area contributed by atoms with Gasteiger partial charge in [0.25, 0.3) is 5.91 Å². The topological polar surface area (TPSA) is 78.9 Å². The summed E-state index contributed by atoms with van der Waals surface area (Å²) in [4.78, 5) is 13.9. The summed E-state index contributed by atoms with van der Waals surface area (Å²) in [5.41, 5.74) is 5.61. The highest BCUT2D eigenvalue weighted by molar-refractivity contribution is 9.10. The highest BCUT2D eigenvalue weighted by atomic mass is 79.9. The zero-order valence-electron chi connectivity index (χ0n) is 10.7. The second-order valence-electron chi connectivity index (χ2n) is 4.71. The van der Waals surface area contributed by atoms with Crippen molar-refractivity contribution in [2.75, 3.05) is 13.1 Å².